The molecular formula is C23H27IN6. The topological polar surface area (TPSA) is 70.0 Å². The van der Waals surface area contributed by atoms with Crippen LogP contribution in [0.2, 0.25) is 0 Å². The van der Waals surface area contributed by atoms with Crippen LogP contribution in [0.25, 0.3) is 16.6 Å². The highest BCUT2D eigenvalue weighted by atomic mass is 127. The number of aliphatic imine (C=N–C) groups is 1. The van der Waals surface area contributed by atoms with E-state index < -0.39 is 0 Å². The standard InChI is InChI=1S/C23H26N6.HI/c1-2-24-23(25-14-12-19-17-26-22-7-4-3-6-21(19)22)27-16-18-8-10-20(11-9-18)29-15-5-13-28-29;/h3-11,13,15,17,26H,2,12,14,16H2,1H3,(H2,24,25,27);1H. The molecule has 7 heteroatoms. The number of aromatic amines is 1. The van der Waals surface area contributed by atoms with Crippen molar-refractivity contribution in [3.63, 3.8) is 0 Å². The number of para-hydroxylation sites is 1. The SMILES string of the molecule is CCNC(=NCc1ccc(-n2cccn2)cc1)NCCc1c[nH]c2ccccc12.I. The van der Waals surface area contributed by atoms with Crippen LogP contribution in [-0.4, -0.2) is 33.8 Å². The monoisotopic (exact) mass is 514 g/mol. The maximum Gasteiger partial charge on any atom is 0.191 e. The van der Waals surface area contributed by atoms with Crippen molar-refractivity contribution >= 4 is 40.8 Å². The highest BCUT2D eigenvalue weighted by molar-refractivity contribution is 14.0. The minimum Gasteiger partial charge on any atom is -0.361 e. The molecule has 0 spiro atoms. The molecule has 0 bridgehead atoms. The number of halogens is 1. The van der Waals surface area contributed by atoms with Crippen molar-refractivity contribution in [3.8, 4) is 5.69 Å². The Bertz CT molecular complexity index is 1070. The summed E-state index contributed by atoms with van der Waals surface area (Å²) >= 11 is 0. The van der Waals surface area contributed by atoms with Crippen molar-refractivity contribution in [2.75, 3.05) is 13.1 Å². The number of hydrogen-bond acceptors (Lipinski definition) is 2. The maximum atomic E-state index is 4.72. The molecule has 0 saturated heterocycles. The summed E-state index contributed by atoms with van der Waals surface area (Å²) in [6.45, 7) is 4.36. The van der Waals surface area contributed by atoms with Crippen molar-refractivity contribution in [3.05, 3.63) is 84.3 Å². The third kappa shape index (κ3) is 5.41. The smallest absolute Gasteiger partial charge is 0.191 e. The van der Waals surface area contributed by atoms with Gasteiger partial charge in [-0.2, -0.15) is 5.10 Å². The van der Waals surface area contributed by atoms with Gasteiger partial charge in [0.15, 0.2) is 5.96 Å². The molecule has 2 aromatic heterocycles. The zero-order valence-electron chi connectivity index (χ0n) is 17.0. The molecule has 0 amide bonds. The quantitative estimate of drug-likeness (QED) is 0.196. The molecule has 0 fully saturated rings. The van der Waals surface area contributed by atoms with Crippen LogP contribution in [0.15, 0.2) is 78.2 Å². The first-order chi connectivity index (χ1) is 14.3. The number of nitrogens with one attached hydrogen (secondary N) is 3. The molecule has 6 nitrogen and oxygen atoms in total. The van der Waals surface area contributed by atoms with Crippen LogP contribution in [-0.2, 0) is 13.0 Å². The summed E-state index contributed by atoms with van der Waals surface area (Å²) in [7, 11) is 0. The lowest BCUT2D eigenvalue weighted by molar-refractivity contribution is 0.801. The number of nitrogens with zero attached hydrogens (tertiary/aromatic N) is 3. The molecule has 0 aliphatic rings. The van der Waals surface area contributed by atoms with E-state index in [1.165, 1.54) is 16.5 Å². The molecule has 4 aromatic rings. The third-order valence-corrected chi connectivity index (χ3v) is 4.83. The predicted molar refractivity (Wildman–Crippen MR) is 134 cm³/mol. The number of fused-ring (bicyclic) bond motifs is 1. The summed E-state index contributed by atoms with van der Waals surface area (Å²) in [6, 6.07) is 18.6. The highest BCUT2D eigenvalue weighted by Gasteiger charge is 2.04. The van der Waals surface area contributed by atoms with Gasteiger partial charge in [0.25, 0.3) is 0 Å². The number of guanidine groups is 1. The minimum absolute atomic E-state index is 0. The number of H-pyrrole nitrogens is 1. The van der Waals surface area contributed by atoms with Crippen molar-refractivity contribution in [1.82, 2.24) is 25.4 Å². The Labute approximate surface area is 193 Å². The van der Waals surface area contributed by atoms with Crippen LogP contribution in [0.3, 0.4) is 0 Å². The van der Waals surface area contributed by atoms with Crippen LogP contribution >= 0.6 is 24.0 Å². The summed E-state index contributed by atoms with van der Waals surface area (Å²) in [5.41, 5.74) is 4.71. The van der Waals surface area contributed by atoms with E-state index in [1.54, 1.807) is 6.20 Å². The molecule has 2 heterocycles. The van der Waals surface area contributed by atoms with Crippen molar-refractivity contribution in [2.24, 2.45) is 4.99 Å². The second-order valence-corrected chi connectivity index (χ2v) is 6.85. The molecule has 0 radical (unpaired) electrons. The zero-order valence-corrected chi connectivity index (χ0v) is 19.3. The lowest BCUT2D eigenvalue weighted by atomic mass is 10.1. The number of rotatable bonds is 7. The normalized spacial score (nSPS) is 11.3. The van der Waals surface area contributed by atoms with E-state index in [1.807, 2.05) is 16.9 Å². The Balaban J connectivity index is 0.00000256. The Morgan fingerprint density at radius 3 is 2.67 bits per heavy atom. The molecule has 0 aliphatic carbocycles. The van der Waals surface area contributed by atoms with Crippen LogP contribution in [0, 0.1) is 0 Å². The summed E-state index contributed by atoms with van der Waals surface area (Å²) in [4.78, 5) is 8.05. The van der Waals surface area contributed by atoms with E-state index in [4.69, 9.17) is 4.99 Å². The fourth-order valence-electron chi connectivity index (χ4n) is 3.34. The van der Waals surface area contributed by atoms with Crippen molar-refractivity contribution in [2.45, 2.75) is 19.9 Å². The van der Waals surface area contributed by atoms with Gasteiger partial charge in [0, 0.05) is 42.6 Å². The van der Waals surface area contributed by atoms with Crippen LogP contribution < -0.4 is 10.6 Å². The molecule has 0 atom stereocenters. The summed E-state index contributed by atoms with van der Waals surface area (Å²) in [5, 5.41) is 12.3. The molecule has 0 unspecified atom stereocenters. The molecule has 3 N–H and O–H groups in total. The van der Waals surface area contributed by atoms with Gasteiger partial charge in [0.05, 0.1) is 12.2 Å². The Morgan fingerprint density at radius 1 is 1.07 bits per heavy atom. The lowest BCUT2D eigenvalue weighted by Crippen LogP contribution is -2.38. The third-order valence-electron chi connectivity index (χ3n) is 4.83. The average molecular weight is 514 g/mol. The second-order valence-electron chi connectivity index (χ2n) is 6.85. The number of aromatic nitrogens is 3. The summed E-state index contributed by atoms with van der Waals surface area (Å²) < 4.78 is 1.85. The van der Waals surface area contributed by atoms with Crippen LogP contribution in [0.1, 0.15) is 18.1 Å². The van der Waals surface area contributed by atoms with Gasteiger partial charge in [-0.05, 0) is 48.7 Å². The number of benzene rings is 2. The predicted octanol–water partition coefficient (Wildman–Crippen LogP) is 4.27. The maximum absolute atomic E-state index is 4.72. The minimum atomic E-state index is 0. The van der Waals surface area contributed by atoms with Gasteiger partial charge < -0.3 is 15.6 Å². The van der Waals surface area contributed by atoms with E-state index in [9.17, 15) is 0 Å². The molecule has 0 saturated carbocycles. The molecule has 4 rings (SSSR count). The summed E-state index contributed by atoms with van der Waals surface area (Å²) in [6.07, 6.45) is 6.75. The fraction of sp³-hybridized carbons (Fsp3) is 0.217. The molecule has 2 aromatic carbocycles. The molecule has 0 aliphatic heterocycles. The van der Waals surface area contributed by atoms with E-state index in [0.717, 1.165) is 36.7 Å². The van der Waals surface area contributed by atoms with Crippen LogP contribution in [0.5, 0.6) is 0 Å². The van der Waals surface area contributed by atoms with Crippen molar-refractivity contribution in [1.29, 1.82) is 0 Å². The van der Waals surface area contributed by atoms with E-state index in [-0.39, 0.29) is 24.0 Å². The first kappa shape index (κ1) is 21.9. The Morgan fingerprint density at radius 2 is 1.90 bits per heavy atom. The van der Waals surface area contributed by atoms with Gasteiger partial charge in [0.2, 0.25) is 0 Å². The van der Waals surface area contributed by atoms with Gasteiger partial charge in [0.1, 0.15) is 0 Å². The molecule has 30 heavy (non-hydrogen) atoms. The van der Waals surface area contributed by atoms with E-state index in [0.29, 0.717) is 6.54 Å². The fourth-order valence-corrected chi connectivity index (χ4v) is 3.34. The molecular weight excluding hydrogens is 487 g/mol. The van der Waals surface area contributed by atoms with E-state index in [2.05, 4.69) is 82.4 Å². The van der Waals surface area contributed by atoms with Gasteiger partial charge >= 0.3 is 0 Å². The van der Waals surface area contributed by atoms with Crippen molar-refractivity contribution < 1.29 is 0 Å². The lowest BCUT2D eigenvalue weighted by Gasteiger charge is -2.11. The second kappa shape index (κ2) is 10.8. The van der Waals surface area contributed by atoms with Gasteiger partial charge in [-0.15, -0.1) is 24.0 Å². The van der Waals surface area contributed by atoms with Gasteiger partial charge in [-0.25, -0.2) is 9.67 Å². The Hall–Kier alpha value is -2.81. The zero-order chi connectivity index (χ0) is 19.9. The van der Waals surface area contributed by atoms with Gasteiger partial charge in [-0.1, -0.05) is 30.3 Å². The molecule has 156 valence electrons. The van der Waals surface area contributed by atoms with Gasteiger partial charge in [-0.3, -0.25) is 0 Å². The number of hydrogen-bond donors (Lipinski definition) is 3. The highest BCUT2D eigenvalue weighted by Crippen LogP contribution is 2.17. The largest absolute Gasteiger partial charge is 0.361 e. The first-order valence-corrected chi connectivity index (χ1v) is 9.99. The Kier molecular flexibility index (Phi) is 7.89. The average Bonchev–Trinajstić information content (AvgIpc) is 3.43. The van der Waals surface area contributed by atoms with E-state index >= 15 is 0 Å². The first-order valence-electron chi connectivity index (χ1n) is 9.99. The van der Waals surface area contributed by atoms with Crippen LogP contribution in [0.4, 0.5) is 0 Å². The summed E-state index contributed by atoms with van der Waals surface area (Å²) in [5.74, 6) is 0.837.